The van der Waals surface area contributed by atoms with Crippen LogP contribution >= 0.6 is 22.7 Å². The highest BCUT2D eigenvalue weighted by atomic mass is 32.1. The average molecular weight is 297 g/mol. The van der Waals surface area contributed by atoms with Crippen LogP contribution in [0.4, 0.5) is 0 Å². The van der Waals surface area contributed by atoms with Gasteiger partial charge in [0.2, 0.25) is 0 Å². The molecule has 0 aliphatic carbocycles. The van der Waals surface area contributed by atoms with Gasteiger partial charge in [0, 0.05) is 15.9 Å². The summed E-state index contributed by atoms with van der Waals surface area (Å²) >= 11 is 2.99. The van der Waals surface area contributed by atoms with Crippen molar-refractivity contribution < 1.29 is 14.7 Å². The fourth-order valence-corrected chi connectivity index (χ4v) is 3.97. The average Bonchev–Trinajstić information content (AvgIpc) is 2.88. The van der Waals surface area contributed by atoms with Crippen LogP contribution in [-0.2, 0) is 4.79 Å². The number of likely N-dealkylation sites (N-methyl/N-ethyl adjacent to an activating group) is 1. The molecule has 102 valence electrons. The first-order chi connectivity index (χ1) is 8.87. The summed E-state index contributed by atoms with van der Waals surface area (Å²) in [5.41, 5.74) is -1.21. The van der Waals surface area contributed by atoms with Crippen LogP contribution in [0.5, 0.6) is 0 Å². The van der Waals surface area contributed by atoms with Crippen LogP contribution in [0.15, 0.2) is 17.5 Å². The molecule has 2 rings (SSSR count). The molecule has 0 aliphatic heterocycles. The number of hydrogen-bond acceptors (Lipinski definition) is 4. The minimum absolute atomic E-state index is 0.219. The van der Waals surface area contributed by atoms with Crippen molar-refractivity contribution in [2.45, 2.75) is 26.3 Å². The molecule has 6 heteroatoms. The Balaban J connectivity index is 2.36. The normalized spacial score (nSPS) is 11.7. The Morgan fingerprint density at radius 2 is 2.05 bits per heavy atom. The lowest BCUT2D eigenvalue weighted by molar-refractivity contribution is -0.147. The molecule has 2 aromatic heterocycles. The van der Waals surface area contributed by atoms with E-state index in [1.165, 1.54) is 16.2 Å². The molecule has 2 heterocycles. The number of amides is 1. The molecular formula is C13H15NO3S2. The smallest absolute Gasteiger partial charge is 0.329 e. The quantitative estimate of drug-likeness (QED) is 0.942. The first-order valence-electron chi connectivity index (χ1n) is 5.90. The molecule has 0 saturated heterocycles. The summed E-state index contributed by atoms with van der Waals surface area (Å²) in [5.74, 6) is -1.22. The van der Waals surface area contributed by atoms with Gasteiger partial charge in [-0.2, -0.15) is 0 Å². The van der Waals surface area contributed by atoms with Crippen molar-refractivity contribution in [3.63, 3.8) is 0 Å². The highest BCUT2D eigenvalue weighted by Crippen LogP contribution is 2.31. The summed E-state index contributed by atoms with van der Waals surface area (Å²) in [7, 11) is 0. The standard InChI is InChI=1S/C13H15NO3S2/c1-4-14(13(2,3)12(16)17)11(15)10-7-9-8(19-10)5-6-18-9/h5-7H,4H2,1-3H3,(H,16,17). The number of aliphatic carboxylic acids is 1. The van der Waals surface area contributed by atoms with Crippen molar-refractivity contribution in [1.29, 1.82) is 0 Å². The van der Waals surface area contributed by atoms with Crippen LogP contribution in [0.25, 0.3) is 9.40 Å². The van der Waals surface area contributed by atoms with Crippen molar-refractivity contribution in [3.05, 3.63) is 22.4 Å². The molecule has 19 heavy (non-hydrogen) atoms. The summed E-state index contributed by atoms with van der Waals surface area (Å²) in [5, 5.41) is 11.2. The molecule has 1 N–H and O–H groups in total. The highest BCUT2D eigenvalue weighted by molar-refractivity contribution is 7.27. The maximum atomic E-state index is 12.5. The van der Waals surface area contributed by atoms with Crippen LogP contribution in [0, 0.1) is 0 Å². The molecule has 0 spiro atoms. The van der Waals surface area contributed by atoms with Crippen LogP contribution in [0.3, 0.4) is 0 Å². The summed E-state index contributed by atoms with van der Waals surface area (Å²) < 4.78 is 2.13. The number of rotatable bonds is 4. The predicted octanol–water partition coefficient (Wildman–Crippen LogP) is 3.29. The first kappa shape index (κ1) is 14.0. The SMILES string of the molecule is CCN(C(=O)c1cc2sccc2s1)C(C)(C)C(=O)O. The second-order valence-electron chi connectivity index (χ2n) is 4.67. The molecular weight excluding hydrogens is 282 g/mol. The van der Waals surface area contributed by atoms with Crippen molar-refractivity contribution in [1.82, 2.24) is 4.90 Å². The van der Waals surface area contributed by atoms with Gasteiger partial charge in [0.1, 0.15) is 5.54 Å². The lowest BCUT2D eigenvalue weighted by Crippen LogP contribution is -2.52. The predicted molar refractivity (Wildman–Crippen MR) is 78.1 cm³/mol. The highest BCUT2D eigenvalue weighted by Gasteiger charge is 2.37. The Bertz CT molecular complexity index is 598. The number of hydrogen-bond donors (Lipinski definition) is 1. The van der Waals surface area contributed by atoms with Crippen LogP contribution in [-0.4, -0.2) is 34.0 Å². The number of carboxylic acid groups (broad SMARTS) is 1. The van der Waals surface area contributed by atoms with Gasteiger partial charge in [-0.25, -0.2) is 4.79 Å². The van der Waals surface area contributed by atoms with E-state index >= 15 is 0 Å². The van der Waals surface area contributed by atoms with Gasteiger partial charge < -0.3 is 10.0 Å². The second-order valence-corrected chi connectivity index (χ2v) is 6.70. The Morgan fingerprint density at radius 3 is 2.58 bits per heavy atom. The lowest BCUT2D eigenvalue weighted by Gasteiger charge is -2.33. The number of fused-ring (bicyclic) bond motifs is 1. The van der Waals surface area contributed by atoms with Crippen LogP contribution < -0.4 is 0 Å². The topological polar surface area (TPSA) is 57.6 Å². The van der Waals surface area contributed by atoms with E-state index in [0.29, 0.717) is 11.4 Å². The Kier molecular flexibility index (Phi) is 3.64. The molecule has 2 aromatic rings. The van der Waals surface area contributed by atoms with Gasteiger partial charge >= 0.3 is 5.97 Å². The maximum Gasteiger partial charge on any atom is 0.329 e. The lowest BCUT2D eigenvalue weighted by atomic mass is 10.0. The summed E-state index contributed by atoms with van der Waals surface area (Å²) in [6.45, 7) is 5.25. The van der Waals surface area contributed by atoms with Crippen LogP contribution in [0.1, 0.15) is 30.4 Å². The van der Waals surface area contributed by atoms with Gasteiger partial charge in [0.25, 0.3) is 5.91 Å². The number of thiophene rings is 2. The molecule has 0 aromatic carbocycles. The van der Waals surface area contributed by atoms with Crippen molar-refractivity contribution in [2.75, 3.05) is 6.54 Å². The van der Waals surface area contributed by atoms with Gasteiger partial charge in [0.05, 0.1) is 4.88 Å². The molecule has 0 saturated carbocycles. The van der Waals surface area contributed by atoms with E-state index < -0.39 is 11.5 Å². The number of carbonyl (C=O) groups is 2. The van der Waals surface area contributed by atoms with E-state index in [1.807, 2.05) is 17.5 Å². The third-order valence-electron chi connectivity index (χ3n) is 3.11. The minimum Gasteiger partial charge on any atom is -0.480 e. The Labute approximate surface area is 119 Å². The van der Waals surface area contributed by atoms with Gasteiger partial charge in [-0.3, -0.25) is 4.79 Å². The second kappa shape index (κ2) is 4.94. The van der Waals surface area contributed by atoms with Gasteiger partial charge in [0.15, 0.2) is 0 Å². The summed E-state index contributed by atoms with van der Waals surface area (Å²) in [6, 6.07) is 3.81. The molecule has 0 radical (unpaired) electrons. The molecule has 0 fully saturated rings. The van der Waals surface area contributed by atoms with E-state index in [1.54, 1.807) is 32.1 Å². The van der Waals surface area contributed by atoms with E-state index in [2.05, 4.69) is 0 Å². The molecule has 0 atom stereocenters. The Morgan fingerprint density at radius 1 is 1.37 bits per heavy atom. The van der Waals surface area contributed by atoms with E-state index in [-0.39, 0.29) is 5.91 Å². The summed E-state index contributed by atoms with van der Waals surface area (Å²) in [6.07, 6.45) is 0. The molecule has 0 unspecified atom stereocenters. The molecule has 0 aliphatic rings. The van der Waals surface area contributed by atoms with Gasteiger partial charge in [-0.05, 0) is 38.3 Å². The minimum atomic E-state index is -1.21. The first-order valence-corrected chi connectivity index (χ1v) is 7.60. The van der Waals surface area contributed by atoms with Crippen LogP contribution in [0.2, 0.25) is 0 Å². The Hall–Kier alpha value is -1.40. The zero-order chi connectivity index (χ0) is 14.2. The van der Waals surface area contributed by atoms with Crippen molar-refractivity contribution in [2.24, 2.45) is 0 Å². The van der Waals surface area contributed by atoms with Crippen molar-refractivity contribution >= 4 is 43.9 Å². The van der Waals surface area contributed by atoms with E-state index in [4.69, 9.17) is 0 Å². The van der Waals surface area contributed by atoms with E-state index in [0.717, 1.165) is 9.40 Å². The number of carbonyl (C=O) groups excluding carboxylic acids is 1. The molecule has 1 amide bonds. The fraction of sp³-hybridized carbons (Fsp3) is 0.385. The third kappa shape index (κ3) is 2.37. The molecule has 4 nitrogen and oxygen atoms in total. The fourth-order valence-electron chi connectivity index (χ4n) is 1.91. The largest absolute Gasteiger partial charge is 0.480 e. The maximum absolute atomic E-state index is 12.5. The zero-order valence-electron chi connectivity index (χ0n) is 11.0. The zero-order valence-corrected chi connectivity index (χ0v) is 12.6. The summed E-state index contributed by atoms with van der Waals surface area (Å²) in [4.78, 5) is 25.8. The number of carboxylic acids is 1. The van der Waals surface area contributed by atoms with E-state index in [9.17, 15) is 14.7 Å². The molecule has 0 bridgehead atoms. The monoisotopic (exact) mass is 297 g/mol. The third-order valence-corrected chi connectivity index (χ3v) is 5.19. The number of nitrogens with zero attached hydrogens (tertiary/aromatic N) is 1. The van der Waals surface area contributed by atoms with Gasteiger partial charge in [-0.1, -0.05) is 0 Å². The van der Waals surface area contributed by atoms with Crippen molar-refractivity contribution in [3.8, 4) is 0 Å². The van der Waals surface area contributed by atoms with Gasteiger partial charge in [-0.15, -0.1) is 22.7 Å².